The van der Waals surface area contributed by atoms with Gasteiger partial charge in [0.2, 0.25) is 10.0 Å². The van der Waals surface area contributed by atoms with E-state index in [-0.39, 0.29) is 0 Å². The van der Waals surface area contributed by atoms with Gasteiger partial charge in [-0.25, -0.2) is 8.42 Å². The average molecular weight is 176 g/mol. The van der Waals surface area contributed by atoms with Crippen molar-refractivity contribution in [2.24, 2.45) is 0 Å². The number of alkyl halides is 3. The molecule has 0 aromatic heterocycles. The summed E-state index contributed by atoms with van der Waals surface area (Å²) in [6.07, 6.45) is -4.70. The topological polar surface area (TPSA) is 48.2 Å². The quantitative estimate of drug-likeness (QED) is 0.599. The molecule has 0 aromatic rings. The molecule has 0 fully saturated rings. The van der Waals surface area contributed by atoms with Crippen LogP contribution in [0.1, 0.15) is 0 Å². The molecule has 0 aliphatic rings. The number of sulfonamides is 1. The second-order valence-corrected chi connectivity index (χ2v) is 3.34. The summed E-state index contributed by atoms with van der Waals surface area (Å²) in [4.78, 5) is 0. The minimum Gasteiger partial charge on any atom is -0.211 e. The van der Waals surface area contributed by atoms with E-state index in [1.807, 2.05) is 0 Å². The minimum atomic E-state index is -4.70. The monoisotopic (exact) mass is 176 g/mol. The molecule has 61 valence electrons. The number of hydrogen-bond donors (Lipinski definition) is 0. The largest absolute Gasteiger partial charge is 0.404 e. The summed E-state index contributed by atoms with van der Waals surface area (Å²) < 4.78 is 56.7. The molecule has 0 aliphatic carbocycles. The van der Waals surface area contributed by atoms with E-state index in [1.165, 1.54) is 0 Å². The summed E-state index contributed by atoms with van der Waals surface area (Å²) in [6, 6.07) is 0. The van der Waals surface area contributed by atoms with E-state index in [0.29, 0.717) is 0 Å². The van der Waals surface area contributed by atoms with Gasteiger partial charge in [0.1, 0.15) is 0 Å². The van der Waals surface area contributed by atoms with Crippen molar-refractivity contribution in [1.29, 1.82) is 0 Å². The van der Waals surface area contributed by atoms with E-state index in [2.05, 4.69) is 4.72 Å². The van der Waals surface area contributed by atoms with Crippen LogP contribution in [-0.2, 0) is 10.0 Å². The third-order valence-electron chi connectivity index (χ3n) is 0.624. The van der Waals surface area contributed by atoms with E-state index in [1.54, 1.807) is 0 Å². The van der Waals surface area contributed by atoms with E-state index >= 15 is 0 Å². The molecule has 0 rings (SSSR count). The first kappa shape index (κ1) is 9.70. The van der Waals surface area contributed by atoms with Crippen LogP contribution < -0.4 is 4.72 Å². The first-order chi connectivity index (χ1) is 4.27. The zero-order chi connectivity index (χ0) is 8.41. The van der Waals surface area contributed by atoms with E-state index < -0.39 is 22.0 Å². The van der Waals surface area contributed by atoms with Gasteiger partial charge in [-0.05, 0) is 0 Å². The zero-order valence-corrected chi connectivity index (χ0v) is 5.83. The van der Waals surface area contributed by atoms with Gasteiger partial charge in [0.05, 0.1) is 0 Å². The van der Waals surface area contributed by atoms with Crippen molar-refractivity contribution < 1.29 is 21.6 Å². The van der Waals surface area contributed by atoms with Crippen LogP contribution >= 0.6 is 0 Å². The maximum Gasteiger partial charge on any atom is 0.404 e. The lowest BCUT2D eigenvalue weighted by Crippen LogP contribution is -2.27. The number of nitrogens with zero attached hydrogens (tertiary/aromatic N) is 1. The van der Waals surface area contributed by atoms with Crippen LogP contribution in [0.2, 0.25) is 0 Å². The van der Waals surface area contributed by atoms with Crippen LogP contribution in [-0.4, -0.2) is 27.4 Å². The fourth-order valence-electron chi connectivity index (χ4n) is 0.271. The highest BCUT2D eigenvalue weighted by Crippen LogP contribution is 2.16. The van der Waals surface area contributed by atoms with Crippen LogP contribution in [0.4, 0.5) is 13.2 Å². The predicted octanol–water partition coefficient (Wildman–Crippen LogP) is 0.113. The highest BCUT2D eigenvalue weighted by atomic mass is 32.2. The van der Waals surface area contributed by atoms with Crippen LogP contribution in [0.25, 0.3) is 0 Å². The Hall–Kier alpha value is -0.300. The second-order valence-electron chi connectivity index (χ2n) is 1.52. The third-order valence-corrected chi connectivity index (χ3v) is 1.87. The Morgan fingerprint density at radius 3 is 1.90 bits per heavy atom. The van der Waals surface area contributed by atoms with Crippen LogP contribution in [0, 0.1) is 0 Å². The van der Waals surface area contributed by atoms with Crippen molar-refractivity contribution in [3.8, 4) is 0 Å². The molecule has 0 unspecified atom stereocenters. The molecule has 0 amide bonds. The molecule has 0 spiro atoms. The van der Waals surface area contributed by atoms with Crippen molar-refractivity contribution in [3.63, 3.8) is 0 Å². The third kappa shape index (κ3) is 4.57. The predicted molar refractivity (Wildman–Crippen MR) is 27.9 cm³/mol. The maximum absolute atomic E-state index is 11.3. The molecule has 0 saturated heterocycles. The first-order valence-electron chi connectivity index (χ1n) is 2.17. The molecule has 3 nitrogen and oxygen atoms in total. The van der Waals surface area contributed by atoms with Gasteiger partial charge in [0.25, 0.3) is 0 Å². The molecule has 0 aliphatic heterocycles. The first-order valence-corrected chi connectivity index (χ1v) is 3.78. The highest BCUT2D eigenvalue weighted by molar-refractivity contribution is 7.89. The van der Waals surface area contributed by atoms with Gasteiger partial charge in [-0.3, -0.25) is 0 Å². The van der Waals surface area contributed by atoms with Crippen molar-refractivity contribution in [2.75, 3.05) is 12.8 Å². The Bertz CT molecular complexity index is 194. The Kier molecular flexibility index (Phi) is 2.67. The molecule has 1 radical (unpaired) electrons. The van der Waals surface area contributed by atoms with Gasteiger partial charge < -0.3 is 0 Å². The van der Waals surface area contributed by atoms with Crippen LogP contribution in [0.15, 0.2) is 0 Å². The van der Waals surface area contributed by atoms with Crippen molar-refractivity contribution >= 4 is 10.0 Å². The zero-order valence-electron chi connectivity index (χ0n) is 5.01. The fourth-order valence-corrected chi connectivity index (χ4v) is 0.814. The summed E-state index contributed by atoms with van der Waals surface area (Å²) in [6.45, 7) is 0. The molecule has 0 bridgehead atoms. The number of rotatable bonds is 2. The lowest BCUT2D eigenvalue weighted by atomic mass is 10.8. The summed E-state index contributed by atoms with van der Waals surface area (Å²) in [5.74, 6) is -1.88. The van der Waals surface area contributed by atoms with Crippen LogP contribution in [0.3, 0.4) is 0 Å². The van der Waals surface area contributed by atoms with Crippen LogP contribution in [0.5, 0.6) is 0 Å². The van der Waals surface area contributed by atoms with Gasteiger partial charge in [-0.1, -0.05) is 0 Å². The normalized spacial score (nSPS) is 13.6. The molecule has 0 aromatic carbocycles. The summed E-state index contributed by atoms with van der Waals surface area (Å²) in [5, 5.41) is 0. The molecule has 0 saturated carbocycles. The van der Waals surface area contributed by atoms with Crippen molar-refractivity contribution in [3.05, 3.63) is 0 Å². The van der Waals surface area contributed by atoms with Crippen molar-refractivity contribution in [1.82, 2.24) is 4.72 Å². The van der Waals surface area contributed by atoms with E-state index in [0.717, 1.165) is 7.05 Å². The molecular formula is C3H5F3NO2S. The highest BCUT2D eigenvalue weighted by Gasteiger charge is 2.34. The smallest absolute Gasteiger partial charge is 0.211 e. The molecular weight excluding hydrogens is 171 g/mol. The van der Waals surface area contributed by atoms with Gasteiger partial charge in [-0.2, -0.15) is 13.2 Å². The van der Waals surface area contributed by atoms with E-state index in [4.69, 9.17) is 0 Å². The van der Waals surface area contributed by atoms with Gasteiger partial charge >= 0.3 is 6.18 Å². The molecule has 0 N–H and O–H groups in total. The Morgan fingerprint density at radius 1 is 1.40 bits per heavy atom. The molecule has 0 atom stereocenters. The minimum absolute atomic E-state index is 0.807. The fraction of sp³-hybridized carbons (Fsp3) is 1.00. The number of hydrogen-bond acceptors (Lipinski definition) is 2. The summed E-state index contributed by atoms with van der Waals surface area (Å²) >= 11 is 0. The maximum atomic E-state index is 11.3. The second kappa shape index (κ2) is 2.75. The van der Waals surface area contributed by atoms with Gasteiger partial charge in [0.15, 0.2) is 5.75 Å². The Labute approximate surface area is 56.3 Å². The average Bonchev–Trinajstić information content (AvgIpc) is 1.60. The SMILES string of the molecule is C[N]S(=O)(=O)CC(F)(F)F. The lowest BCUT2D eigenvalue weighted by Gasteiger charge is -2.03. The van der Waals surface area contributed by atoms with E-state index in [9.17, 15) is 21.6 Å². The molecule has 7 heteroatoms. The lowest BCUT2D eigenvalue weighted by molar-refractivity contribution is -0.106. The Morgan fingerprint density at radius 2 is 1.80 bits per heavy atom. The summed E-state index contributed by atoms with van der Waals surface area (Å²) in [5.41, 5.74) is 0. The van der Waals surface area contributed by atoms with Gasteiger partial charge in [-0.15, -0.1) is 4.72 Å². The molecule has 10 heavy (non-hydrogen) atoms. The molecule has 0 heterocycles. The summed E-state index contributed by atoms with van der Waals surface area (Å²) in [7, 11) is -3.47. The van der Waals surface area contributed by atoms with Crippen molar-refractivity contribution in [2.45, 2.75) is 6.18 Å². The van der Waals surface area contributed by atoms with Gasteiger partial charge in [0, 0.05) is 7.05 Å². The number of halogens is 3. The Balaban J connectivity index is 4.18. The standard InChI is InChI=1S/C3H5F3NO2S/c1-7-10(8,9)2-3(4,5)6/h2H2,1H3.